The molecule has 0 bridgehead atoms. The quantitative estimate of drug-likeness (QED) is 0.0896. The monoisotopic (exact) mass is 540 g/mol. The van der Waals surface area contributed by atoms with Crippen molar-refractivity contribution in [2.24, 2.45) is 0 Å². The lowest BCUT2D eigenvalue weighted by atomic mass is 10.6. The maximum absolute atomic E-state index is 8.74. The summed E-state index contributed by atoms with van der Waals surface area (Å²) < 4.78 is 79.4. The van der Waals surface area contributed by atoms with Crippen LogP contribution in [0.4, 0.5) is 0 Å². The molecule has 0 spiro atoms. The first kappa shape index (κ1) is 36.6. The molecule has 0 aliphatic carbocycles. The number of aliphatic hydroxyl groups is 1. The van der Waals surface area contributed by atoms with Crippen molar-refractivity contribution < 1.29 is 65.3 Å². The molecule has 0 amide bonds. The number of hydrogen-bond donors (Lipinski definition) is 3. The Morgan fingerprint density at radius 1 is 0.429 bits per heavy atom. The van der Waals surface area contributed by atoms with E-state index in [2.05, 4.69) is 0 Å². The third-order valence-corrected chi connectivity index (χ3v) is 3.42. The van der Waals surface area contributed by atoms with Gasteiger partial charge in [-0.2, -0.15) is 8.42 Å². The summed E-state index contributed by atoms with van der Waals surface area (Å²) in [6.07, 6.45) is 0. The smallest absolute Gasteiger partial charge is 0.394 e. The standard InChI is InChI=1S/C20H42O10.H2O4S/c1-2-22-5-6-24-9-10-26-13-14-28-17-18-30-20-19-29-16-15-27-12-11-25-8-7-23-4-3-21;1-5(2,3)4/h21H,2-20H2,1H3;(H2,1,2,3,4). The van der Waals surface area contributed by atoms with Crippen molar-refractivity contribution in [2.45, 2.75) is 6.92 Å². The molecule has 0 aliphatic heterocycles. The van der Waals surface area contributed by atoms with Crippen LogP contribution in [0.3, 0.4) is 0 Å². The van der Waals surface area contributed by atoms with Crippen LogP contribution in [0.25, 0.3) is 0 Å². The molecule has 0 aromatic carbocycles. The van der Waals surface area contributed by atoms with Crippen molar-refractivity contribution in [1.82, 2.24) is 0 Å². The van der Waals surface area contributed by atoms with Crippen LogP contribution in [0.2, 0.25) is 0 Å². The zero-order valence-corrected chi connectivity index (χ0v) is 21.5. The lowest BCUT2D eigenvalue weighted by Crippen LogP contribution is -2.15. The van der Waals surface area contributed by atoms with Gasteiger partial charge in [-0.15, -0.1) is 0 Å². The normalized spacial score (nSPS) is 11.4. The minimum Gasteiger partial charge on any atom is -0.394 e. The molecular formula is C20H44O14S. The first-order chi connectivity index (χ1) is 16.9. The highest BCUT2D eigenvalue weighted by atomic mass is 32.3. The minimum atomic E-state index is -4.67. The molecule has 14 nitrogen and oxygen atoms in total. The van der Waals surface area contributed by atoms with Gasteiger partial charge >= 0.3 is 10.4 Å². The van der Waals surface area contributed by atoms with Gasteiger partial charge in [0.15, 0.2) is 0 Å². The van der Waals surface area contributed by atoms with Crippen molar-refractivity contribution in [3.8, 4) is 0 Å². The maximum Gasteiger partial charge on any atom is 0.394 e. The number of ether oxygens (including phenoxy) is 9. The Labute approximate surface area is 208 Å². The summed E-state index contributed by atoms with van der Waals surface area (Å²) in [5, 5.41) is 8.53. The average Bonchev–Trinajstić information content (AvgIpc) is 2.80. The number of hydrogen-bond acceptors (Lipinski definition) is 12. The Morgan fingerprint density at radius 3 is 0.771 bits per heavy atom. The van der Waals surface area contributed by atoms with Crippen LogP contribution in [0.15, 0.2) is 0 Å². The van der Waals surface area contributed by atoms with Gasteiger partial charge in [-0.1, -0.05) is 0 Å². The van der Waals surface area contributed by atoms with Crippen molar-refractivity contribution >= 4 is 10.4 Å². The molecule has 3 N–H and O–H groups in total. The molecule has 0 saturated heterocycles. The second kappa shape index (κ2) is 31.5. The molecule has 0 fully saturated rings. The van der Waals surface area contributed by atoms with E-state index in [-0.39, 0.29) is 6.61 Å². The second-order valence-electron chi connectivity index (χ2n) is 6.27. The van der Waals surface area contributed by atoms with Crippen molar-refractivity contribution in [3.63, 3.8) is 0 Å². The fourth-order valence-electron chi connectivity index (χ4n) is 1.97. The molecule has 0 aromatic heterocycles. The molecule has 15 heteroatoms. The Morgan fingerprint density at radius 2 is 0.600 bits per heavy atom. The molecule has 0 heterocycles. The molecule has 0 rings (SSSR count). The highest BCUT2D eigenvalue weighted by Crippen LogP contribution is 1.86. The summed E-state index contributed by atoms with van der Waals surface area (Å²) in [7, 11) is -4.67. The average molecular weight is 541 g/mol. The first-order valence-electron chi connectivity index (χ1n) is 11.4. The maximum atomic E-state index is 8.74. The van der Waals surface area contributed by atoms with Crippen LogP contribution < -0.4 is 0 Å². The predicted octanol–water partition coefficient (Wildman–Crippen LogP) is -0.505. The fourth-order valence-corrected chi connectivity index (χ4v) is 1.97. The van der Waals surface area contributed by atoms with Gasteiger partial charge in [-0.05, 0) is 6.92 Å². The van der Waals surface area contributed by atoms with Crippen LogP contribution in [0, 0.1) is 0 Å². The number of rotatable bonds is 27. The second-order valence-corrected chi connectivity index (χ2v) is 7.16. The molecule has 0 saturated carbocycles. The van der Waals surface area contributed by atoms with Crippen LogP contribution >= 0.6 is 0 Å². The lowest BCUT2D eigenvalue weighted by molar-refractivity contribution is -0.0253. The van der Waals surface area contributed by atoms with E-state index in [1.165, 1.54) is 0 Å². The summed E-state index contributed by atoms with van der Waals surface area (Å²) >= 11 is 0. The Balaban J connectivity index is 0. The highest BCUT2D eigenvalue weighted by molar-refractivity contribution is 7.79. The summed E-state index contributed by atoms with van der Waals surface area (Å²) in [6.45, 7) is 11.6. The molecule has 0 aliphatic rings. The first-order valence-corrected chi connectivity index (χ1v) is 12.8. The summed E-state index contributed by atoms with van der Waals surface area (Å²) in [5.41, 5.74) is 0. The van der Waals surface area contributed by atoms with E-state index in [0.29, 0.717) is 119 Å². The SMILES string of the molecule is CCOCCOCCOCCOCCOCCOCCOCCOCCOCCO.O=S(=O)(O)O. The van der Waals surface area contributed by atoms with E-state index in [1.54, 1.807) is 0 Å². The molecule has 35 heavy (non-hydrogen) atoms. The van der Waals surface area contributed by atoms with Gasteiger partial charge in [-0.25, -0.2) is 0 Å². The van der Waals surface area contributed by atoms with E-state index < -0.39 is 10.4 Å². The topological polar surface area (TPSA) is 178 Å². The van der Waals surface area contributed by atoms with Gasteiger partial charge in [0.25, 0.3) is 0 Å². The van der Waals surface area contributed by atoms with Crippen molar-refractivity contribution in [1.29, 1.82) is 0 Å². The Hall–Kier alpha value is -0.530. The molecule has 0 radical (unpaired) electrons. The van der Waals surface area contributed by atoms with Gasteiger partial charge in [0.05, 0.1) is 119 Å². The summed E-state index contributed by atoms with van der Waals surface area (Å²) in [4.78, 5) is 0. The van der Waals surface area contributed by atoms with E-state index >= 15 is 0 Å². The lowest BCUT2D eigenvalue weighted by Gasteiger charge is -2.08. The van der Waals surface area contributed by atoms with Crippen molar-refractivity contribution in [2.75, 3.05) is 126 Å². The predicted molar refractivity (Wildman–Crippen MR) is 124 cm³/mol. The third-order valence-electron chi connectivity index (χ3n) is 3.42. The van der Waals surface area contributed by atoms with Gasteiger partial charge in [0, 0.05) is 6.61 Å². The van der Waals surface area contributed by atoms with E-state index in [1.807, 2.05) is 6.92 Å². The summed E-state index contributed by atoms with van der Waals surface area (Å²) in [5.74, 6) is 0. The fraction of sp³-hybridized carbons (Fsp3) is 1.00. The van der Waals surface area contributed by atoms with Gasteiger partial charge in [0.1, 0.15) is 0 Å². The zero-order valence-electron chi connectivity index (χ0n) is 20.7. The van der Waals surface area contributed by atoms with Gasteiger partial charge in [0.2, 0.25) is 0 Å². The molecule has 0 atom stereocenters. The van der Waals surface area contributed by atoms with Crippen LogP contribution in [0.5, 0.6) is 0 Å². The molecular weight excluding hydrogens is 496 g/mol. The Kier molecular flexibility index (Phi) is 33.0. The third kappa shape index (κ3) is 47.3. The van der Waals surface area contributed by atoms with Crippen LogP contribution in [-0.2, 0) is 53.0 Å². The minimum absolute atomic E-state index is 0.0322. The van der Waals surface area contributed by atoms with E-state index in [4.69, 9.17) is 65.3 Å². The zero-order chi connectivity index (χ0) is 26.3. The molecule has 0 aromatic rings. The van der Waals surface area contributed by atoms with Gasteiger partial charge < -0.3 is 47.7 Å². The van der Waals surface area contributed by atoms with E-state index in [0.717, 1.165) is 0 Å². The molecule has 214 valence electrons. The van der Waals surface area contributed by atoms with Gasteiger partial charge in [-0.3, -0.25) is 9.11 Å². The van der Waals surface area contributed by atoms with E-state index in [9.17, 15) is 0 Å². The Bertz CT molecular complexity index is 444. The summed E-state index contributed by atoms with van der Waals surface area (Å²) in [6, 6.07) is 0. The largest absolute Gasteiger partial charge is 0.394 e. The van der Waals surface area contributed by atoms with Crippen molar-refractivity contribution in [3.05, 3.63) is 0 Å². The molecule has 0 unspecified atom stereocenters. The van der Waals surface area contributed by atoms with Crippen LogP contribution in [0.1, 0.15) is 6.92 Å². The number of aliphatic hydroxyl groups excluding tert-OH is 1. The highest BCUT2D eigenvalue weighted by Gasteiger charge is 1.95. The van der Waals surface area contributed by atoms with Crippen LogP contribution in [-0.4, -0.2) is 148 Å².